The lowest BCUT2D eigenvalue weighted by Crippen LogP contribution is -2.47. The van der Waals surface area contributed by atoms with E-state index in [-0.39, 0.29) is 29.2 Å². The molecule has 0 bridgehead atoms. The number of nitrogens with zero attached hydrogens (tertiary/aromatic N) is 2. The van der Waals surface area contributed by atoms with Gasteiger partial charge in [-0.15, -0.1) is 11.3 Å². The normalized spacial score (nSPS) is 17.1. The molecule has 1 aromatic carbocycles. The molecule has 11 heteroatoms. The molecule has 1 atom stereocenters. The number of thioether (sulfide) groups is 1. The molecule has 1 aliphatic rings. The van der Waals surface area contributed by atoms with Crippen LogP contribution in [0.15, 0.2) is 27.9 Å². The van der Waals surface area contributed by atoms with Crippen molar-refractivity contribution in [3.63, 3.8) is 0 Å². The number of benzene rings is 1. The highest BCUT2D eigenvalue weighted by molar-refractivity contribution is 8.01. The van der Waals surface area contributed by atoms with E-state index in [1.807, 2.05) is 0 Å². The Bertz CT molecular complexity index is 898. The number of carboxylic acid groups (broad SMARTS) is 1. The van der Waals surface area contributed by atoms with Gasteiger partial charge in [-0.05, 0) is 17.7 Å². The quantitative estimate of drug-likeness (QED) is 0.541. The van der Waals surface area contributed by atoms with Crippen molar-refractivity contribution in [3.05, 3.63) is 45.7 Å². The highest BCUT2D eigenvalue weighted by Gasteiger charge is 2.21. The molecule has 0 aliphatic carbocycles. The number of hydrogen-bond donors (Lipinski definition) is 2. The second kappa shape index (κ2) is 11.1. The summed E-state index contributed by atoms with van der Waals surface area (Å²) in [5.74, 6) is -1.30. The summed E-state index contributed by atoms with van der Waals surface area (Å²) in [6.07, 6.45) is -0.256. The molecule has 3 rings (SSSR count). The maximum Gasteiger partial charge on any atom is 0.309 e. The van der Waals surface area contributed by atoms with E-state index in [0.717, 1.165) is 12.1 Å². The van der Waals surface area contributed by atoms with Crippen LogP contribution < -0.4 is 5.32 Å². The molecule has 1 amide bonds. The van der Waals surface area contributed by atoms with Gasteiger partial charge in [-0.1, -0.05) is 29.4 Å². The van der Waals surface area contributed by atoms with Gasteiger partial charge in [0.1, 0.15) is 5.82 Å². The first-order chi connectivity index (χ1) is 14.4. The third-order valence-corrected chi connectivity index (χ3v) is 6.69. The lowest BCUT2D eigenvalue weighted by molar-refractivity contribution is -0.136. The number of hydrogen-bond acceptors (Lipinski definition) is 7. The van der Waals surface area contributed by atoms with Crippen LogP contribution in [0.25, 0.3) is 0 Å². The number of amides is 1. The fourth-order valence-corrected chi connectivity index (χ4v) is 4.82. The van der Waals surface area contributed by atoms with E-state index in [0.29, 0.717) is 36.3 Å². The summed E-state index contributed by atoms with van der Waals surface area (Å²) in [7, 11) is 0. The topological polar surface area (TPSA) is 91.8 Å². The summed E-state index contributed by atoms with van der Waals surface area (Å²) in [6, 6.07) is 4.70. The third-order valence-electron chi connectivity index (χ3n) is 4.33. The fourth-order valence-electron chi connectivity index (χ4n) is 2.94. The van der Waals surface area contributed by atoms with Gasteiger partial charge in [0.05, 0.1) is 35.6 Å². The molecule has 1 aromatic heterocycles. The summed E-state index contributed by atoms with van der Waals surface area (Å²) in [4.78, 5) is 29.2. The molecule has 1 unspecified atom stereocenters. The molecule has 30 heavy (non-hydrogen) atoms. The molecule has 0 saturated carbocycles. The van der Waals surface area contributed by atoms with Crippen molar-refractivity contribution in [2.75, 3.05) is 32.0 Å². The Balaban J connectivity index is 1.39. The monoisotopic (exact) mass is 473 g/mol. The number of carboxylic acids is 1. The van der Waals surface area contributed by atoms with E-state index >= 15 is 0 Å². The molecule has 2 heterocycles. The average molecular weight is 474 g/mol. The van der Waals surface area contributed by atoms with Crippen molar-refractivity contribution in [2.45, 2.75) is 23.4 Å². The summed E-state index contributed by atoms with van der Waals surface area (Å²) >= 11 is 8.45. The third kappa shape index (κ3) is 7.21. The standard InChI is InChI=1S/C19H21ClFN3O4S2/c20-15-5-12(1-2-16(15)21)8-24-3-4-28-14(9-24)7-22-17(25)11-30-19-23-13(10-29-19)6-18(26)27/h1-2,5,10,14H,3-4,6-9,11H2,(H,22,25)(H,26,27). The molecule has 0 radical (unpaired) electrons. The molecule has 0 spiro atoms. The first-order valence-electron chi connectivity index (χ1n) is 9.22. The zero-order valence-corrected chi connectivity index (χ0v) is 18.4. The van der Waals surface area contributed by atoms with E-state index in [2.05, 4.69) is 15.2 Å². The van der Waals surface area contributed by atoms with Gasteiger partial charge in [-0.3, -0.25) is 14.5 Å². The second-order valence-corrected chi connectivity index (χ2v) is 9.23. The van der Waals surface area contributed by atoms with Gasteiger partial charge in [-0.25, -0.2) is 9.37 Å². The summed E-state index contributed by atoms with van der Waals surface area (Å²) < 4.78 is 19.7. The van der Waals surface area contributed by atoms with Crippen LogP contribution in [-0.4, -0.2) is 65.0 Å². The molecule has 162 valence electrons. The molecular weight excluding hydrogens is 453 g/mol. The number of nitrogens with one attached hydrogen (secondary N) is 1. The van der Waals surface area contributed by atoms with Crippen LogP contribution in [0.5, 0.6) is 0 Å². The van der Waals surface area contributed by atoms with Crippen molar-refractivity contribution >= 4 is 46.6 Å². The number of morpholine rings is 1. The number of ether oxygens (including phenoxy) is 1. The first kappa shape index (κ1) is 23.0. The van der Waals surface area contributed by atoms with Crippen molar-refractivity contribution < 1.29 is 23.8 Å². The minimum absolute atomic E-state index is 0.109. The lowest BCUT2D eigenvalue weighted by Gasteiger charge is -2.33. The average Bonchev–Trinajstić information content (AvgIpc) is 3.14. The SMILES string of the molecule is O=C(O)Cc1csc(SCC(=O)NCC2CN(Cc3ccc(F)c(Cl)c3)CCO2)n1. The minimum Gasteiger partial charge on any atom is -0.481 e. The Labute approximate surface area is 186 Å². The van der Waals surface area contributed by atoms with Crippen LogP contribution in [0.4, 0.5) is 4.39 Å². The van der Waals surface area contributed by atoms with E-state index in [1.165, 1.54) is 29.2 Å². The Morgan fingerprint density at radius 3 is 3.07 bits per heavy atom. The lowest BCUT2D eigenvalue weighted by atomic mass is 10.2. The van der Waals surface area contributed by atoms with Crippen LogP contribution >= 0.6 is 34.7 Å². The number of thiazole rings is 1. The number of rotatable bonds is 9. The Kier molecular flexibility index (Phi) is 8.46. The fraction of sp³-hybridized carbons (Fsp3) is 0.421. The smallest absolute Gasteiger partial charge is 0.309 e. The zero-order chi connectivity index (χ0) is 21.5. The number of halogens is 2. The van der Waals surface area contributed by atoms with Gasteiger partial charge >= 0.3 is 5.97 Å². The zero-order valence-electron chi connectivity index (χ0n) is 16.0. The molecule has 2 N–H and O–H groups in total. The van der Waals surface area contributed by atoms with Crippen molar-refractivity contribution in [2.24, 2.45) is 0 Å². The molecule has 1 fully saturated rings. The van der Waals surface area contributed by atoms with Gasteiger partial charge < -0.3 is 15.2 Å². The van der Waals surface area contributed by atoms with E-state index in [9.17, 15) is 14.0 Å². The van der Waals surface area contributed by atoms with Crippen molar-refractivity contribution in [3.8, 4) is 0 Å². The highest BCUT2D eigenvalue weighted by Crippen LogP contribution is 2.23. The largest absolute Gasteiger partial charge is 0.481 e. The Morgan fingerprint density at radius 1 is 1.47 bits per heavy atom. The molecule has 1 saturated heterocycles. The second-order valence-electron chi connectivity index (χ2n) is 6.74. The highest BCUT2D eigenvalue weighted by atomic mass is 35.5. The molecular formula is C19H21ClFN3O4S2. The summed E-state index contributed by atoms with van der Waals surface area (Å²) in [5.41, 5.74) is 1.42. The molecule has 1 aliphatic heterocycles. The summed E-state index contributed by atoms with van der Waals surface area (Å²) in [5, 5.41) is 13.4. The van der Waals surface area contributed by atoms with E-state index < -0.39 is 11.8 Å². The van der Waals surface area contributed by atoms with Crippen LogP contribution in [0, 0.1) is 5.82 Å². The predicted molar refractivity (Wildman–Crippen MR) is 114 cm³/mol. The minimum atomic E-state index is -0.932. The van der Waals surface area contributed by atoms with Crippen LogP contribution in [-0.2, 0) is 27.3 Å². The molecule has 2 aromatic rings. The van der Waals surface area contributed by atoms with Gasteiger partial charge in [0.25, 0.3) is 0 Å². The van der Waals surface area contributed by atoms with Crippen LogP contribution in [0.3, 0.4) is 0 Å². The Hall–Kier alpha value is -1.72. The van der Waals surface area contributed by atoms with E-state index in [4.69, 9.17) is 21.4 Å². The predicted octanol–water partition coefficient (Wildman–Crippen LogP) is 2.67. The van der Waals surface area contributed by atoms with Gasteiger partial charge in [0.15, 0.2) is 4.34 Å². The van der Waals surface area contributed by atoms with Gasteiger partial charge in [-0.2, -0.15) is 0 Å². The number of aliphatic carboxylic acids is 1. The van der Waals surface area contributed by atoms with E-state index in [1.54, 1.807) is 17.5 Å². The first-order valence-corrected chi connectivity index (χ1v) is 11.5. The van der Waals surface area contributed by atoms with Crippen molar-refractivity contribution in [1.82, 2.24) is 15.2 Å². The Morgan fingerprint density at radius 2 is 2.30 bits per heavy atom. The van der Waals surface area contributed by atoms with Crippen molar-refractivity contribution in [1.29, 1.82) is 0 Å². The van der Waals surface area contributed by atoms with Gasteiger partial charge in [0, 0.05) is 31.6 Å². The van der Waals surface area contributed by atoms with Crippen LogP contribution in [0.1, 0.15) is 11.3 Å². The number of carbonyl (C=O) groups is 2. The number of carbonyl (C=O) groups excluding carboxylic acids is 1. The number of aromatic nitrogens is 1. The van der Waals surface area contributed by atoms with Crippen LogP contribution in [0.2, 0.25) is 5.02 Å². The molecule has 7 nitrogen and oxygen atoms in total. The maximum absolute atomic E-state index is 13.3. The summed E-state index contributed by atoms with van der Waals surface area (Å²) in [6.45, 7) is 2.97. The maximum atomic E-state index is 13.3. The van der Waals surface area contributed by atoms with Gasteiger partial charge in [0.2, 0.25) is 5.91 Å².